The molecule has 6 N–H and O–H groups in total. The maximum atomic E-state index is 12.0. The van der Waals surface area contributed by atoms with E-state index in [9.17, 15) is 13.2 Å². The molecule has 4 aromatic rings. The predicted molar refractivity (Wildman–Crippen MR) is 125 cm³/mol. The number of nitrogens with two attached hydrogens (primary N) is 2. The number of carbonyl (C=O) groups excluding carboxylic acids is 1. The van der Waals surface area contributed by atoms with Crippen molar-refractivity contribution in [3.05, 3.63) is 89.7 Å². The lowest BCUT2D eigenvalue weighted by molar-refractivity contribution is -0.112. The van der Waals surface area contributed by atoms with Crippen molar-refractivity contribution in [3.63, 3.8) is 0 Å². The molecule has 8 nitrogen and oxygen atoms in total. The van der Waals surface area contributed by atoms with Crippen molar-refractivity contribution in [2.24, 2.45) is 10.9 Å². The van der Waals surface area contributed by atoms with Crippen LogP contribution in [0.15, 0.2) is 78.0 Å². The third-order valence-electron chi connectivity index (χ3n) is 4.96. The zero-order valence-electron chi connectivity index (χ0n) is 16.9. The molecular weight excluding hydrogens is 426 g/mol. The summed E-state index contributed by atoms with van der Waals surface area (Å²) >= 11 is 0. The zero-order chi connectivity index (χ0) is 22.7. The lowest BCUT2D eigenvalue weighted by Crippen LogP contribution is -2.12. The van der Waals surface area contributed by atoms with Crippen molar-refractivity contribution in [2.75, 3.05) is 5.32 Å². The second-order valence-electron chi connectivity index (χ2n) is 7.19. The maximum absolute atomic E-state index is 12.0. The lowest BCUT2D eigenvalue weighted by atomic mass is 10.0. The fourth-order valence-corrected chi connectivity index (χ4v) is 3.83. The van der Waals surface area contributed by atoms with Crippen LogP contribution in [0.4, 0.5) is 5.69 Å². The Balaban J connectivity index is 1.59. The number of primary amides is 1. The first-order valence-electron chi connectivity index (χ1n) is 9.71. The molecule has 0 spiro atoms. The molecule has 0 saturated heterocycles. The number of aromatic nitrogens is 2. The van der Waals surface area contributed by atoms with E-state index in [1.165, 1.54) is 12.1 Å². The molecule has 0 saturated carbocycles. The average Bonchev–Trinajstić information content (AvgIpc) is 3.18. The minimum absolute atomic E-state index is 0.0664. The van der Waals surface area contributed by atoms with Gasteiger partial charge in [-0.2, -0.15) is 0 Å². The molecule has 1 amide bonds. The number of anilines is 1. The number of aromatic amines is 1. The van der Waals surface area contributed by atoms with Crippen molar-refractivity contribution in [2.45, 2.75) is 11.4 Å². The predicted octanol–water partition coefficient (Wildman–Crippen LogP) is 2.85. The monoisotopic (exact) mass is 447 g/mol. The third kappa shape index (κ3) is 4.69. The van der Waals surface area contributed by atoms with E-state index in [1.54, 1.807) is 30.6 Å². The highest BCUT2D eigenvalue weighted by Crippen LogP contribution is 2.25. The first kappa shape index (κ1) is 21.3. The first-order chi connectivity index (χ1) is 15.3. The highest BCUT2D eigenvalue weighted by atomic mass is 32.2. The molecule has 0 aliphatic heterocycles. The van der Waals surface area contributed by atoms with Crippen molar-refractivity contribution in [1.82, 2.24) is 9.97 Å². The number of fused-ring (bicyclic) bond motifs is 1. The van der Waals surface area contributed by atoms with Gasteiger partial charge in [-0.05, 0) is 35.4 Å². The van der Waals surface area contributed by atoms with Gasteiger partial charge in [0.25, 0.3) is 0 Å². The van der Waals surface area contributed by atoms with Crippen LogP contribution in [0.3, 0.4) is 0 Å². The van der Waals surface area contributed by atoms with Crippen LogP contribution in [0.2, 0.25) is 0 Å². The molecule has 0 fully saturated rings. The summed E-state index contributed by atoms with van der Waals surface area (Å²) in [5.74, 6) is -0.518. The molecule has 0 aliphatic carbocycles. The molecule has 0 bridgehead atoms. The summed E-state index contributed by atoms with van der Waals surface area (Å²) in [5.41, 5.74) is 9.86. The third-order valence-corrected chi connectivity index (χ3v) is 5.89. The van der Waals surface area contributed by atoms with Gasteiger partial charge < -0.3 is 16.0 Å². The molecule has 4 rings (SSSR count). The van der Waals surface area contributed by atoms with Gasteiger partial charge in [0.15, 0.2) is 0 Å². The normalized spacial score (nSPS) is 12.1. The number of pyridine rings is 1. The zero-order valence-corrected chi connectivity index (χ0v) is 17.8. The van der Waals surface area contributed by atoms with Crippen LogP contribution in [-0.2, 0) is 21.4 Å². The van der Waals surface area contributed by atoms with Crippen molar-refractivity contribution in [1.29, 1.82) is 0 Å². The molecule has 32 heavy (non-hydrogen) atoms. The Morgan fingerprint density at radius 3 is 2.47 bits per heavy atom. The second-order valence-corrected chi connectivity index (χ2v) is 8.76. The molecule has 2 aromatic heterocycles. The summed E-state index contributed by atoms with van der Waals surface area (Å²) in [6.07, 6.45) is 5.21. The number of nitrogens with one attached hydrogen (secondary N) is 2. The minimum Gasteiger partial charge on any atom is -0.380 e. The van der Waals surface area contributed by atoms with Gasteiger partial charge in [-0.3, -0.25) is 4.79 Å². The van der Waals surface area contributed by atoms with Gasteiger partial charge in [0, 0.05) is 29.3 Å². The molecule has 162 valence electrons. The summed E-state index contributed by atoms with van der Waals surface area (Å²) < 4.78 is 22.8. The number of rotatable bonds is 7. The van der Waals surface area contributed by atoms with E-state index in [2.05, 4.69) is 15.3 Å². The molecule has 0 aliphatic rings. The van der Waals surface area contributed by atoms with Crippen LogP contribution < -0.4 is 16.2 Å². The summed E-state index contributed by atoms with van der Waals surface area (Å²) in [7, 11) is -3.72. The number of sulfonamides is 1. The van der Waals surface area contributed by atoms with Crippen LogP contribution in [0, 0.1) is 0 Å². The van der Waals surface area contributed by atoms with Gasteiger partial charge in [0.05, 0.1) is 16.8 Å². The van der Waals surface area contributed by atoms with E-state index < -0.39 is 15.9 Å². The van der Waals surface area contributed by atoms with E-state index in [4.69, 9.17) is 10.9 Å². The van der Waals surface area contributed by atoms with E-state index >= 15 is 0 Å². The maximum Gasteiger partial charge on any atom is 0.249 e. The smallest absolute Gasteiger partial charge is 0.249 e. The number of H-pyrrole nitrogens is 1. The summed E-state index contributed by atoms with van der Waals surface area (Å²) in [6.45, 7) is 0.463. The number of benzene rings is 2. The van der Waals surface area contributed by atoms with Gasteiger partial charge in [-0.15, -0.1) is 0 Å². The standard InChI is InChI=1S/C23H21N5O3S/c24-22(29)20(16-4-2-1-3-5-16)10-17-13-27-23-21(17)11-18(14-28-23)26-12-15-6-8-19(9-7-15)32(25,30)31/h1-11,13-14,26H,12H2,(H2,24,29)(H,27,28)(H2,25,30,31). The summed E-state index contributed by atoms with van der Waals surface area (Å²) in [5, 5.41) is 9.23. The van der Waals surface area contributed by atoms with Crippen LogP contribution in [0.1, 0.15) is 16.7 Å². The lowest BCUT2D eigenvalue weighted by Gasteiger charge is -2.08. The second kappa shape index (κ2) is 8.66. The molecular formula is C23H21N5O3S. The Kier molecular flexibility index (Phi) is 5.76. The highest BCUT2D eigenvalue weighted by molar-refractivity contribution is 7.89. The molecule has 2 aromatic carbocycles. The fraction of sp³-hybridized carbons (Fsp3) is 0.0435. The van der Waals surface area contributed by atoms with Crippen LogP contribution in [-0.4, -0.2) is 24.3 Å². The minimum atomic E-state index is -3.72. The summed E-state index contributed by atoms with van der Waals surface area (Å²) in [6, 6.07) is 17.5. The summed E-state index contributed by atoms with van der Waals surface area (Å²) in [4.78, 5) is 19.6. The van der Waals surface area contributed by atoms with E-state index in [0.29, 0.717) is 17.8 Å². The SMILES string of the molecule is NC(=O)C(=Cc1c[nH]c2ncc(NCc3ccc(S(N)(=O)=O)cc3)cc12)c1ccccc1. The van der Waals surface area contributed by atoms with E-state index in [0.717, 1.165) is 27.8 Å². The molecule has 0 atom stereocenters. The largest absolute Gasteiger partial charge is 0.380 e. The Bertz CT molecular complexity index is 1410. The Morgan fingerprint density at radius 1 is 1.09 bits per heavy atom. The Hall–Kier alpha value is -3.95. The van der Waals surface area contributed by atoms with Crippen molar-refractivity contribution in [3.8, 4) is 0 Å². The van der Waals surface area contributed by atoms with E-state index in [-0.39, 0.29) is 4.90 Å². The van der Waals surface area contributed by atoms with Crippen LogP contribution in [0.5, 0.6) is 0 Å². The van der Waals surface area contributed by atoms with Gasteiger partial charge >= 0.3 is 0 Å². The molecule has 0 unspecified atom stereocenters. The van der Waals surface area contributed by atoms with Gasteiger partial charge in [-0.25, -0.2) is 18.5 Å². The van der Waals surface area contributed by atoms with Crippen LogP contribution in [0.25, 0.3) is 22.7 Å². The number of primary sulfonamides is 1. The van der Waals surface area contributed by atoms with E-state index in [1.807, 2.05) is 36.4 Å². The first-order valence-corrected chi connectivity index (χ1v) is 11.3. The highest BCUT2D eigenvalue weighted by Gasteiger charge is 2.11. The van der Waals surface area contributed by atoms with Crippen LogP contribution >= 0.6 is 0 Å². The number of nitrogens with zero attached hydrogens (tertiary/aromatic N) is 1. The molecule has 2 heterocycles. The molecule has 0 radical (unpaired) electrons. The van der Waals surface area contributed by atoms with Crippen molar-refractivity contribution < 1.29 is 13.2 Å². The fourth-order valence-electron chi connectivity index (χ4n) is 3.31. The Labute approximate surface area is 185 Å². The van der Waals surface area contributed by atoms with Gasteiger partial charge in [0.2, 0.25) is 15.9 Å². The Morgan fingerprint density at radius 2 is 1.81 bits per heavy atom. The molecule has 9 heteroatoms. The quantitative estimate of drug-likeness (QED) is 0.322. The average molecular weight is 448 g/mol. The van der Waals surface area contributed by atoms with Gasteiger partial charge in [-0.1, -0.05) is 42.5 Å². The number of amides is 1. The topological polar surface area (TPSA) is 144 Å². The van der Waals surface area contributed by atoms with Crippen molar-refractivity contribution >= 4 is 44.3 Å². The van der Waals surface area contributed by atoms with Gasteiger partial charge in [0.1, 0.15) is 5.65 Å². The number of hydrogen-bond acceptors (Lipinski definition) is 5. The number of carbonyl (C=O) groups is 1. The number of hydrogen-bond donors (Lipinski definition) is 4.